The third-order valence-electron chi connectivity index (χ3n) is 4.85. The molecule has 0 unspecified atom stereocenters. The Bertz CT molecular complexity index is 1110. The second kappa shape index (κ2) is 6.82. The van der Waals surface area contributed by atoms with Crippen molar-refractivity contribution in [1.82, 2.24) is 0 Å². The van der Waals surface area contributed by atoms with E-state index in [9.17, 15) is 4.79 Å². The number of amides is 1. The largest absolute Gasteiger partial charge is 0.298 e. The minimum Gasteiger partial charge on any atom is -0.298 e. The second-order valence-electron chi connectivity index (χ2n) is 7.16. The molecule has 1 aliphatic heterocycles. The Morgan fingerprint density at radius 2 is 1.85 bits per heavy atom. The summed E-state index contributed by atoms with van der Waals surface area (Å²) in [4.78, 5) is 16.4. The van der Waals surface area contributed by atoms with E-state index in [2.05, 4.69) is 39.0 Å². The maximum absolute atomic E-state index is 13.3. The lowest BCUT2D eigenvalue weighted by Gasteiger charge is -2.42. The van der Waals surface area contributed by atoms with Crippen molar-refractivity contribution in [2.24, 2.45) is 0 Å². The molecule has 0 bridgehead atoms. The number of anilines is 1. The predicted molar refractivity (Wildman–Crippen MR) is 119 cm³/mol. The average Bonchev–Trinajstić information content (AvgIpc) is 3.03. The predicted octanol–water partition coefficient (Wildman–Crippen LogP) is 6.81. The van der Waals surface area contributed by atoms with E-state index < -0.39 is 5.54 Å². The summed E-state index contributed by atoms with van der Waals surface area (Å²) in [5, 5.41) is 0. The van der Waals surface area contributed by atoms with Gasteiger partial charge in [0.05, 0.1) is 16.1 Å². The zero-order valence-electron chi connectivity index (χ0n) is 15.4. The third kappa shape index (κ3) is 3.10. The Labute approximate surface area is 171 Å². The topological polar surface area (TPSA) is 20.3 Å². The molecule has 5 heteroatoms. The number of hydrogen-bond donors (Lipinski definition) is 0. The molecule has 0 saturated heterocycles. The molecule has 27 heavy (non-hydrogen) atoms. The van der Waals surface area contributed by atoms with Crippen molar-refractivity contribution in [1.29, 1.82) is 0 Å². The van der Waals surface area contributed by atoms with Crippen molar-refractivity contribution in [2.75, 3.05) is 4.90 Å². The number of carbonyl (C=O) groups excluding carboxylic acids is 1. The number of carbonyl (C=O) groups is 1. The molecule has 2 heterocycles. The van der Waals surface area contributed by atoms with Gasteiger partial charge in [-0.2, -0.15) is 0 Å². The summed E-state index contributed by atoms with van der Waals surface area (Å²) in [6.45, 7) is 6.25. The van der Waals surface area contributed by atoms with Crippen LogP contribution in [0.5, 0.6) is 0 Å². The highest BCUT2D eigenvalue weighted by molar-refractivity contribution is 7.80. The first-order valence-corrected chi connectivity index (χ1v) is 11.3. The van der Waals surface area contributed by atoms with Gasteiger partial charge in [0.15, 0.2) is 0 Å². The van der Waals surface area contributed by atoms with Gasteiger partial charge in [-0.15, -0.1) is 0 Å². The summed E-state index contributed by atoms with van der Waals surface area (Å²) in [6.07, 6.45) is 3.54. The van der Waals surface area contributed by atoms with Gasteiger partial charge >= 0.3 is 0 Å². The molecule has 2 aromatic carbocycles. The molecule has 0 atom stereocenters. The van der Waals surface area contributed by atoms with Crippen molar-refractivity contribution in [3.63, 3.8) is 0 Å². The van der Waals surface area contributed by atoms with Crippen molar-refractivity contribution in [2.45, 2.75) is 26.3 Å². The first kappa shape index (κ1) is 18.3. The summed E-state index contributed by atoms with van der Waals surface area (Å²) in [5.74, 6) is -0.0225. The van der Waals surface area contributed by atoms with Crippen molar-refractivity contribution < 1.29 is 4.79 Å². The molecule has 1 amide bonds. The van der Waals surface area contributed by atoms with Crippen LogP contribution in [0.2, 0.25) is 0 Å². The van der Waals surface area contributed by atoms with Crippen LogP contribution in [0.4, 0.5) is 5.69 Å². The van der Waals surface area contributed by atoms with E-state index in [0.29, 0.717) is 0 Å². The van der Waals surface area contributed by atoms with Crippen LogP contribution in [0.15, 0.2) is 54.6 Å². The number of rotatable bonds is 2. The first-order chi connectivity index (χ1) is 12.9. The van der Waals surface area contributed by atoms with E-state index in [-0.39, 0.29) is 5.91 Å². The molecule has 0 fully saturated rings. The van der Waals surface area contributed by atoms with Crippen LogP contribution in [0, 0.1) is 10.7 Å². The van der Waals surface area contributed by atoms with Crippen molar-refractivity contribution in [3.05, 3.63) is 74.4 Å². The molecule has 0 N–H and O–H groups in total. The number of fused-ring (bicyclic) bond motifs is 3. The van der Waals surface area contributed by atoms with Crippen LogP contribution >= 0.6 is 32.9 Å². The van der Waals surface area contributed by atoms with Gasteiger partial charge in [-0.25, -0.2) is 0 Å². The lowest BCUT2D eigenvalue weighted by atomic mass is 9.87. The van der Waals surface area contributed by atoms with Crippen LogP contribution in [0.1, 0.15) is 29.9 Å². The van der Waals surface area contributed by atoms with E-state index >= 15 is 0 Å². The maximum Gasteiger partial charge on any atom is 0.251 e. The van der Waals surface area contributed by atoms with Crippen LogP contribution in [0.3, 0.4) is 0 Å². The number of hydrogen-bond acceptors (Lipinski definition) is 4. The van der Waals surface area contributed by atoms with E-state index in [4.69, 9.17) is 12.2 Å². The van der Waals surface area contributed by atoms with Gasteiger partial charge in [0.1, 0.15) is 3.82 Å². The van der Waals surface area contributed by atoms with E-state index in [1.807, 2.05) is 41.3 Å². The smallest absolute Gasteiger partial charge is 0.251 e. The lowest BCUT2D eigenvalue weighted by Crippen LogP contribution is -2.47. The molecular formula is C22H19NOS3. The molecule has 1 aliphatic rings. The molecule has 0 radical (unpaired) electrons. The van der Waals surface area contributed by atoms with E-state index in [1.54, 1.807) is 26.8 Å². The Hall–Kier alpha value is -2.08. The number of aryl methyl sites for hydroxylation is 1. The standard InChI is InChI=1S/C22H19NOS3/c1-14-9-11-16-17(13-14)23(18(24)12-10-15-7-5-4-6-8-15)22(2,3)20-19(16)21(25)27-26-20/h4-13H,1-3H3/b12-10+. The molecule has 3 aromatic rings. The summed E-state index contributed by atoms with van der Waals surface area (Å²) in [6, 6.07) is 16.2. The highest BCUT2D eigenvalue weighted by Gasteiger charge is 2.42. The fourth-order valence-electron chi connectivity index (χ4n) is 3.54. The Morgan fingerprint density at radius 3 is 2.59 bits per heavy atom. The Kier molecular flexibility index (Phi) is 4.62. The highest BCUT2D eigenvalue weighted by atomic mass is 32.9. The van der Waals surface area contributed by atoms with Crippen molar-refractivity contribution >= 4 is 50.6 Å². The fraction of sp³-hybridized carbons (Fsp3) is 0.182. The minimum absolute atomic E-state index is 0.0225. The zero-order valence-corrected chi connectivity index (χ0v) is 17.8. The van der Waals surface area contributed by atoms with Crippen molar-refractivity contribution in [3.8, 4) is 11.1 Å². The van der Waals surface area contributed by atoms with Crippen LogP contribution < -0.4 is 4.90 Å². The molecule has 0 aliphatic carbocycles. The third-order valence-corrected chi connectivity index (χ3v) is 8.18. The minimum atomic E-state index is -0.452. The van der Waals surface area contributed by atoms with E-state index in [1.165, 1.54) is 0 Å². The number of nitrogens with zero attached hydrogens (tertiary/aromatic N) is 1. The summed E-state index contributed by atoms with van der Waals surface area (Å²) in [7, 11) is 3.30. The van der Waals surface area contributed by atoms with Gasteiger partial charge in [-0.1, -0.05) is 75.4 Å². The van der Waals surface area contributed by atoms with Crippen LogP contribution in [0.25, 0.3) is 17.2 Å². The summed E-state index contributed by atoms with van der Waals surface area (Å²) >= 11 is 5.61. The average molecular weight is 410 g/mol. The second-order valence-corrected chi connectivity index (χ2v) is 9.97. The van der Waals surface area contributed by atoms with Gasteiger partial charge in [-0.3, -0.25) is 9.69 Å². The Morgan fingerprint density at radius 1 is 1.11 bits per heavy atom. The fourth-order valence-corrected chi connectivity index (χ4v) is 6.82. The van der Waals surface area contributed by atoms with Crippen LogP contribution in [-0.4, -0.2) is 5.91 Å². The zero-order chi connectivity index (χ0) is 19.2. The molecule has 0 saturated carbocycles. The van der Waals surface area contributed by atoms with E-state index in [0.717, 1.165) is 36.6 Å². The lowest BCUT2D eigenvalue weighted by molar-refractivity contribution is -0.115. The maximum atomic E-state index is 13.3. The monoisotopic (exact) mass is 409 g/mol. The van der Waals surface area contributed by atoms with Crippen LogP contribution in [-0.2, 0) is 10.3 Å². The Balaban J connectivity index is 1.85. The van der Waals surface area contributed by atoms with Gasteiger partial charge in [0.2, 0.25) is 0 Å². The molecule has 0 spiro atoms. The molecule has 1 aromatic heterocycles. The highest BCUT2D eigenvalue weighted by Crippen LogP contribution is 2.52. The van der Waals surface area contributed by atoms with Gasteiger partial charge in [-0.05, 0) is 44.0 Å². The molecule has 4 rings (SSSR count). The number of benzene rings is 2. The normalized spacial score (nSPS) is 14.9. The quantitative estimate of drug-likeness (QED) is 0.263. The SMILES string of the molecule is Cc1ccc2c(c1)N(C(=O)/C=C/c1ccccc1)C(C)(C)c1ssc(=S)c1-2. The van der Waals surface area contributed by atoms with Gasteiger partial charge in [0.25, 0.3) is 5.91 Å². The molecule has 136 valence electrons. The summed E-state index contributed by atoms with van der Waals surface area (Å²) in [5.41, 5.74) is 4.80. The van der Waals surface area contributed by atoms with Gasteiger partial charge < -0.3 is 0 Å². The molecule has 2 nitrogen and oxygen atoms in total. The summed E-state index contributed by atoms with van der Waals surface area (Å²) < 4.78 is 0.903. The molecular weight excluding hydrogens is 390 g/mol. The first-order valence-electron chi connectivity index (χ1n) is 8.71. The van der Waals surface area contributed by atoms with Gasteiger partial charge in [0, 0.05) is 17.2 Å².